The van der Waals surface area contributed by atoms with E-state index < -0.39 is 0 Å². The fraction of sp³-hybridized carbons (Fsp3) is 0.500. The molecule has 2 N–H and O–H groups in total. The van der Waals surface area contributed by atoms with E-state index in [1.165, 1.54) is 0 Å². The standard InChI is InChI=1S/C12H17N3O2/c1-9-2-3-11(6-12(9)15(16)17)14-5-4-10(7-13)8-14/h2-3,6,10H,4-5,7-8,13H2,1H3. The summed E-state index contributed by atoms with van der Waals surface area (Å²) < 4.78 is 0. The monoisotopic (exact) mass is 235 g/mol. The smallest absolute Gasteiger partial charge is 0.274 e. The predicted octanol–water partition coefficient (Wildman–Crippen LogP) is 1.69. The molecule has 5 heteroatoms. The van der Waals surface area contributed by atoms with Gasteiger partial charge in [-0.1, -0.05) is 6.07 Å². The summed E-state index contributed by atoms with van der Waals surface area (Å²) in [6, 6.07) is 5.42. The van der Waals surface area contributed by atoms with Gasteiger partial charge in [-0.2, -0.15) is 0 Å². The number of nitro benzene ring substituents is 1. The fourth-order valence-electron chi connectivity index (χ4n) is 2.25. The first-order valence-electron chi connectivity index (χ1n) is 5.82. The molecule has 2 rings (SSSR count). The highest BCUT2D eigenvalue weighted by Crippen LogP contribution is 2.28. The van der Waals surface area contributed by atoms with E-state index in [0.717, 1.165) is 25.2 Å². The van der Waals surface area contributed by atoms with Crippen molar-refractivity contribution < 1.29 is 4.92 Å². The van der Waals surface area contributed by atoms with Crippen molar-refractivity contribution in [3.8, 4) is 0 Å². The minimum Gasteiger partial charge on any atom is -0.371 e. The molecule has 0 aromatic heterocycles. The summed E-state index contributed by atoms with van der Waals surface area (Å²) in [4.78, 5) is 12.7. The Morgan fingerprint density at radius 1 is 1.59 bits per heavy atom. The number of rotatable bonds is 3. The molecular formula is C12H17N3O2. The molecule has 92 valence electrons. The fourth-order valence-corrected chi connectivity index (χ4v) is 2.25. The van der Waals surface area contributed by atoms with E-state index in [-0.39, 0.29) is 10.6 Å². The predicted molar refractivity (Wildman–Crippen MR) is 67.2 cm³/mol. The average molecular weight is 235 g/mol. The molecule has 1 atom stereocenters. The van der Waals surface area contributed by atoms with Gasteiger partial charge in [-0.25, -0.2) is 0 Å². The van der Waals surface area contributed by atoms with Gasteiger partial charge in [0.15, 0.2) is 0 Å². The Hall–Kier alpha value is -1.62. The third-order valence-electron chi connectivity index (χ3n) is 3.37. The van der Waals surface area contributed by atoms with Crippen LogP contribution in [0.4, 0.5) is 11.4 Å². The molecule has 1 heterocycles. The Morgan fingerprint density at radius 3 is 2.94 bits per heavy atom. The molecule has 1 unspecified atom stereocenters. The first-order valence-corrected chi connectivity index (χ1v) is 5.82. The molecule has 1 aliphatic rings. The van der Waals surface area contributed by atoms with Crippen LogP contribution in [0, 0.1) is 23.0 Å². The lowest BCUT2D eigenvalue weighted by atomic mass is 10.1. The molecule has 1 fully saturated rings. The first-order chi connectivity index (χ1) is 8.11. The van der Waals surface area contributed by atoms with Crippen molar-refractivity contribution in [1.82, 2.24) is 0 Å². The van der Waals surface area contributed by atoms with Crippen molar-refractivity contribution in [1.29, 1.82) is 0 Å². The van der Waals surface area contributed by atoms with Gasteiger partial charge in [0.25, 0.3) is 5.69 Å². The minimum absolute atomic E-state index is 0.193. The van der Waals surface area contributed by atoms with Gasteiger partial charge >= 0.3 is 0 Å². The third kappa shape index (κ3) is 2.39. The lowest BCUT2D eigenvalue weighted by molar-refractivity contribution is -0.385. The van der Waals surface area contributed by atoms with Gasteiger partial charge in [-0.3, -0.25) is 10.1 Å². The molecule has 0 aliphatic carbocycles. The van der Waals surface area contributed by atoms with Gasteiger partial charge in [0.05, 0.1) is 4.92 Å². The molecule has 1 aliphatic heterocycles. The summed E-state index contributed by atoms with van der Waals surface area (Å²) in [5.74, 6) is 0.510. The number of hydrogen-bond donors (Lipinski definition) is 1. The lowest BCUT2D eigenvalue weighted by Gasteiger charge is -2.18. The van der Waals surface area contributed by atoms with Crippen molar-refractivity contribution in [2.45, 2.75) is 13.3 Å². The summed E-state index contributed by atoms with van der Waals surface area (Å²) in [6.07, 6.45) is 1.07. The van der Waals surface area contributed by atoms with Crippen LogP contribution in [0.25, 0.3) is 0 Å². The van der Waals surface area contributed by atoms with Gasteiger partial charge in [-0.05, 0) is 31.9 Å². The van der Waals surface area contributed by atoms with Gasteiger partial charge in [0.2, 0.25) is 0 Å². The molecule has 1 aromatic carbocycles. The summed E-state index contributed by atoms with van der Waals surface area (Å²) >= 11 is 0. The molecule has 1 aromatic rings. The van der Waals surface area contributed by atoms with E-state index in [9.17, 15) is 10.1 Å². The summed E-state index contributed by atoms with van der Waals surface area (Å²) in [7, 11) is 0. The zero-order valence-corrected chi connectivity index (χ0v) is 9.93. The van der Waals surface area contributed by atoms with Crippen LogP contribution in [-0.2, 0) is 0 Å². The van der Waals surface area contributed by atoms with Crippen LogP contribution in [0.2, 0.25) is 0 Å². The average Bonchev–Trinajstić information content (AvgIpc) is 2.78. The van der Waals surface area contributed by atoms with Gasteiger partial charge in [-0.15, -0.1) is 0 Å². The number of anilines is 1. The number of hydrogen-bond acceptors (Lipinski definition) is 4. The Balaban J connectivity index is 2.22. The van der Waals surface area contributed by atoms with Crippen molar-refractivity contribution in [3.05, 3.63) is 33.9 Å². The zero-order valence-electron chi connectivity index (χ0n) is 9.93. The van der Waals surface area contributed by atoms with Crippen LogP contribution >= 0.6 is 0 Å². The second-order valence-corrected chi connectivity index (χ2v) is 4.56. The van der Waals surface area contributed by atoms with E-state index in [4.69, 9.17) is 5.73 Å². The maximum absolute atomic E-state index is 10.9. The molecule has 0 spiro atoms. The molecule has 0 bridgehead atoms. The highest BCUT2D eigenvalue weighted by atomic mass is 16.6. The van der Waals surface area contributed by atoms with Crippen molar-refractivity contribution in [3.63, 3.8) is 0 Å². The zero-order chi connectivity index (χ0) is 12.4. The SMILES string of the molecule is Cc1ccc(N2CCC(CN)C2)cc1[N+](=O)[O-]. The second kappa shape index (κ2) is 4.71. The van der Waals surface area contributed by atoms with Crippen molar-refractivity contribution in [2.75, 3.05) is 24.5 Å². The lowest BCUT2D eigenvalue weighted by Crippen LogP contribution is -2.22. The van der Waals surface area contributed by atoms with E-state index in [1.807, 2.05) is 12.1 Å². The molecule has 5 nitrogen and oxygen atoms in total. The van der Waals surface area contributed by atoms with Crippen LogP contribution in [0.5, 0.6) is 0 Å². The van der Waals surface area contributed by atoms with Crippen LogP contribution in [0.3, 0.4) is 0 Å². The maximum Gasteiger partial charge on any atom is 0.274 e. The Kier molecular flexibility index (Phi) is 3.28. The van der Waals surface area contributed by atoms with Gasteiger partial charge < -0.3 is 10.6 Å². The number of nitrogens with two attached hydrogens (primary N) is 1. The van der Waals surface area contributed by atoms with Crippen LogP contribution in [-0.4, -0.2) is 24.6 Å². The maximum atomic E-state index is 10.9. The Labute approximate surface area is 100 Å². The molecule has 1 saturated heterocycles. The van der Waals surface area contributed by atoms with Crippen LogP contribution < -0.4 is 10.6 Å². The normalized spacial score (nSPS) is 19.6. The molecule has 17 heavy (non-hydrogen) atoms. The van der Waals surface area contributed by atoms with E-state index in [0.29, 0.717) is 18.0 Å². The first kappa shape index (κ1) is 11.9. The molecular weight excluding hydrogens is 218 g/mol. The topological polar surface area (TPSA) is 72.4 Å². The van der Waals surface area contributed by atoms with Crippen LogP contribution in [0.15, 0.2) is 18.2 Å². The molecule has 0 radical (unpaired) electrons. The van der Waals surface area contributed by atoms with Gasteiger partial charge in [0.1, 0.15) is 0 Å². The molecule has 0 saturated carbocycles. The Morgan fingerprint density at radius 2 is 2.35 bits per heavy atom. The van der Waals surface area contributed by atoms with Gasteiger partial charge in [0, 0.05) is 30.4 Å². The third-order valence-corrected chi connectivity index (χ3v) is 3.37. The van der Waals surface area contributed by atoms with E-state index >= 15 is 0 Å². The van der Waals surface area contributed by atoms with Crippen LogP contribution in [0.1, 0.15) is 12.0 Å². The van der Waals surface area contributed by atoms with E-state index in [1.54, 1.807) is 13.0 Å². The van der Waals surface area contributed by atoms with E-state index in [2.05, 4.69) is 4.90 Å². The number of benzene rings is 1. The minimum atomic E-state index is -0.324. The number of nitrogens with zero attached hydrogens (tertiary/aromatic N) is 2. The summed E-state index contributed by atoms with van der Waals surface area (Å²) in [5.41, 5.74) is 7.47. The second-order valence-electron chi connectivity index (χ2n) is 4.56. The largest absolute Gasteiger partial charge is 0.371 e. The summed E-state index contributed by atoms with van der Waals surface area (Å²) in [5, 5.41) is 10.9. The Bertz CT molecular complexity index is 434. The van der Waals surface area contributed by atoms with Crippen molar-refractivity contribution in [2.24, 2.45) is 11.7 Å². The number of nitro groups is 1. The highest BCUT2D eigenvalue weighted by molar-refractivity contribution is 5.57. The molecule has 0 amide bonds. The highest BCUT2D eigenvalue weighted by Gasteiger charge is 2.23. The van der Waals surface area contributed by atoms with Crippen molar-refractivity contribution >= 4 is 11.4 Å². The summed E-state index contributed by atoms with van der Waals surface area (Å²) in [6.45, 7) is 4.28. The quantitative estimate of drug-likeness (QED) is 0.639. The number of aryl methyl sites for hydroxylation is 1.